The minimum Gasteiger partial charge on any atom is -0.386 e. The molecule has 0 bridgehead atoms. The number of carbonyl (C=O) groups excluding carboxylic acids is 1. The molecule has 0 spiro atoms. The van der Waals surface area contributed by atoms with Gasteiger partial charge in [0.05, 0.1) is 17.1 Å². The number of hydrogen-bond acceptors (Lipinski definition) is 2. The van der Waals surface area contributed by atoms with Crippen molar-refractivity contribution in [2.75, 3.05) is 11.2 Å². The second-order valence-electron chi connectivity index (χ2n) is 4.36. The van der Waals surface area contributed by atoms with Gasteiger partial charge in [0.1, 0.15) is 11.7 Å². The van der Waals surface area contributed by atoms with Gasteiger partial charge in [-0.3, -0.25) is 4.79 Å². The van der Waals surface area contributed by atoms with Crippen molar-refractivity contribution in [1.82, 2.24) is 0 Å². The molecule has 3 N–H and O–H groups in total. The fourth-order valence-corrected chi connectivity index (χ4v) is 1.97. The summed E-state index contributed by atoms with van der Waals surface area (Å²) in [5, 5.41) is 2.95. The maximum absolute atomic E-state index is 13.2. The molecule has 0 aliphatic rings. The number of halogens is 3. The number of nitrogens with two attached hydrogens (primary N) is 1. The zero-order chi connectivity index (χ0) is 16.1. The summed E-state index contributed by atoms with van der Waals surface area (Å²) in [6.45, 7) is 0. The maximum atomic E-state index is 13.2. The molecule has 0 aliphatic carbocycles. The Hall–Kier alpha value is -2.11. The Kier molecular flexibility index (Phi) is 5.35. The van der Waals surface area contributed by atoms with Crippen LogP contribution in [-0.2, 0) is 0 Å². The summed E-state index contributed by atoms with van der Waals surface area (Å²) in [7, 11) is 0. The van der Waals surface area contributed by atoms with Gasteiger partial charge in [0.15, 0.2) is 0 Å². The Morgan fingerprint density at radius 3 is 2.73 bits per heavy atom. The van der Waals surface area contributed by atoms with Gasteiger partial charge in [0.25, 0.3) is 5.91 Å². The van der Waals surface area contributed by atoms with Crippen LogP contribution in [0.5, 0.6) is 0 Å². The van der Waals surface area contributed by atoms with Gasteiger partial charge in [-0.15, -0.1) is 11.6 Å². The molecule has 0 radical (unpaired) electrons. The third-order valence-electron chi connectivity index (χ3n) is 2.69. The zero-order valence-electron chi connectivity index (χ0n) is 11.3. The van der Waals surface area contributed by atoms with Crippen LogP contribution in [0.1, 0.15) is 10.4 Å². The molecule has 22 heavy (non-hydrogen) atoms. The average Bonchev–Trinajstić information content (AvgIpc) is 2.48. The number of nitrogens with zero attached hydrogens (tertiary/aromatic N) is 1. The summed E-state index contributed by atoms with van der Waals surface area (Å²) < 4.78 is 13.2. The number of anilines is 1. The molecule has 2 aromatic rings. The Bertz CT molecular complexity index is 734. The largest absolute Gasteiger partial charge is 0.386 e. The number of alkyl halides is 1. The van der Waals surface area contributed by atoms with Crippen LogP contribution in [0, 0.1) is 5.82 Å². The van der Waals surface area contributed by atoms with Gasteiger partial charge in [-0.05, 0) is 36.4 Å². The number of amides is 1. The van der Waals surface area contributed by atoms with E-state index in [0.29, 0.717) is 16.4 Å². The van der Waals surface area contributed by atoms with Crippen molar-refractivity contribution >= 4 is 46.3 Å². The fraction of sp³-hybridized carbons (Fsp3) is 0.0667. The minimum atomic E-state index is -0.478. The van der Waals surface area contributed by atoms with Gasteiger partial charge in [-0.2, -0.15) is 0 Å². The van der Waals surface area contributed by atoms with Crippen molar-refractivity contribution in [3.8, 4) is 0 Å². The number of hydrogen-bond donors (Lipinski definition) is 2. The molecule has 0 atom stereocenters. The normalized spacial score (nSPS) is 11.3. The second kappa shape index (κ2) is 7.24. The van der Waals surface area contributed by atoms with Crippen molar-refractivity contribution in [2.45, 2.75) is 0 Å². The van der Waals surface area contributed by atoms with E-state index in [4.69, 9.17) is 28.9 Å². The number of nitrogens with one attached hydrogen (secondary N) is 1. The van der Waals surface area contributed by atoms with Gasteiger partial charge >= 0.3 is 0 Å². The zero-order valence-corrected chi connectivity index (χ0v) is 12.8. The van der Waals surface area contributed by atoms with Gasteiger partial charge in [0.2, 0.25) is 0 Å². The lowest BCUT2D eigenvalue weighted by Gasteiger charge is -2.09. The molecule has 114 valence electrons. The van der Waals surface area contributed by atoms with E-state index in [1.165, 1.54) is 24.3 Å². The van der Waals surface area contributed by atoms with E-state index < -0.39 is 11.7 Å². The minimum absolute atomic E-state index is 0.0353. The number of benzene rings is 2. The van der Waals surface area contributed by atoms with Crippen LogP contribution in [0.2, 0.25) is 5.02 Å². The summed E-state index contributed by atoms with van der Waals surface area (Å²) in [5.74, 6) is -0.723. The smallest absolute Gasteiger partial charge is 0.257 e. The van der Waals surface area contributed by atoms with Gasteiger partial charge < -0.3 is 11.1 Å². The van der Waals surface area contributed by atoms with E-state index in [1.807, 2.05) is 0 Å². The first-order valence-electron chi connectivity index (χ1n) is 6.25. The first-order valence-corrected chi connectivity index (χ1v) is 7.16. The van der Waals surface area contributed by atoms with E-state index >= 15 is 0 Å². The molecule has 0 unspecified atom stereocenters. The van der Waals surface area contributed by atoms with Crippen LogP contribution < -0.4 is 11.1 Å². The van der Waals surface area contributed by atoms with Crippen LogP contribution >= 0.6 is 23.2 Å². The van der Waals surface area contributed by atoms with Crippen molar-refractivity contribution < 1.29 is 9.18 Å². The highest BCUT2D eigenvalue weighted by Gasteiger charge is 2.13. The molecule has 0 aliphatic heterocycles. The first-order chi connectivity index (χ1) is 10.5. The molecular formula is C15H12Cl2FN3O. The van der Waals surface area contributed by atoms with Crippen LogP contribution in [-0.4, -0.2) is 17.6 Å². The van der Waals surface area contributed by atoms with E-state index in [1.54, 1.807) is 18.2 Å². The lowest BCUT2D eigenvalue weighted by molar-refractivity contribution is 0.102. The van der Waals surface area contributed by atoms with Gasteiger partial charge in [-0.25, -0.2) is 9.38 Å². The lowest BCUT2D eigenvalue weighted by Crippen LogP contribution is -2.15. The topological polar surface area (TPSA) is 67.5 Å². The molecule has 7 heteroatoms. The van der Waals surface area contributed by atoms with Crippen LogP contribution in [0.15, 0.2) is 47.5 Å². The molecule has 4 nitrogen and oxygen atoms in total. The van der Waals surface area contributed by atoms with E-state index in [2.05, 4.69) is 10.3 Å². The molecule has 0 fully saturated rings. The molecule has 0 saturated heterocycles. The third kappa shape index (κ3) is 4.19. The molecule has 1 amide bonds. The highest BCUT2D eigenvalue weighted by Crippen LogP contribution is 2.24. The van der Waals surface area contributed by atoms with Crippen molar-refractivity contribution in [1.29, 1.82) is 0 Å². The molecular weight excluding hydrogens is 328 g/mol. The standard InChI is InChI=1S/C15H12Cl2FN3O/c16-8-14(19)21-13-5-4-9(17)6-12(13)15(22)20-11-3-1-2-10(18)7-11/h1-7H,8H2,(H2,19,21)(H,20,22). The molecule has 0 aromatic heterocycles. The summed E-state index contributed by atoms with van der Waals surface area (Å²) in [5.41, 5.74) is 6.46. The maximum Gasteiger partial charge on any atom is 0.257 e. The number of aliphatic imine (C=N–C) groups is 1. The lowest BCUT2D eigenvalue weighted by atomic mass is 10.1. The van der Waals surface area contributed by atoms with E-state index in [-0.39, 0.29) is 17.3 Å². The number of carbonyl (C=O) groups is 1. The van der Waals surface area contributed by atoms with Crippen molar-refractivity contribution in [3.05, 3.63) is 58.9 Å². The van der Waals surface area contributed by atoms with E-state index in [0.717, 1.165) is 0 Å². The highest BCUT2D eigenvalue weighted by molar-refractivity contribution is 6.31. The summed E-state index contributed by atoms with van der Waals surface area (Å²) in [4.78, 5) is 16.4. The Morgan fingerprint density at radius 1 is 1.27 bits per heavy atom. The summed E-state index contributed by atoms with van der Waals surface area (Å²) in [6, 6.07) is 10.2. The predicted molar refractivity (Wildman–Crippen MR) is 87.8 cm³/mol. The van der Waals surface area contributed by atoms with Crippen LogP contribution in [0.25, 0.3) is 0 Å². The fourth-order valence-electron chi connectivity index (χ4n) is 1.74. The Morgan fingerprint density at radius 2 is 2.05 bits per heavy atom. The van der Waals surface area contributed by atoms with Gasteiger partial charge in [0, 0.05) is 10.7 Å². The monoisotopic (exact) mass is 339 g/mol. The highest BCUT2D eigenvalue weighted by atomic mass is 35.5. The molecule has 2 aromatic carbocycles. The quantitative estimate of drug-likeness (QED) is 0.503. The van der Waals surface area contributed by atoms with Crippen molar-refractivity contribution in [3.63, 3.8) is 0 Å². The SMILES string of the molecule is NC(CCl)=Nc1ccc(Cl)cc1C(=O)Nc1cccc(F)c1. The molecule has 0 saturated carbocycles. The number of amidine groups is 1. The Labute approximate surface area is 136 Å². The molecule has 2 rings (SSSR count). The third-order valence-corrected chi connectivity index (χ3v) is 3.20. The first kappa shape index (κ1) is 16.3. The average molecular weight is 340 g/mol. The summed E-state index contributed by atoms with van der Waals surface area (Å²) >= 11 is 11.5. The van der Waals surface area contributed by atoms with Crippen LogP contribution in [0.3, 0.4) is 0 Å². The van der Waals surface area contributed by atoms with Crippen molar-refractivity contribution in [2.24, 2.45) is 10.7 Å². The second-order valence-corrected chi connectivity index (χ2v) is 5.07. The summed E-state index contributed by atoms with van der Waals surface area (Å²) in [6.07, 6.45) is 0. The van der Waals surface area contributed by atoms with Gasteiger partial charge in [-0.1, -0.05) is 17.7 Å². The predicted octanol–water partition coefficient (Wildman–Crippen LogP) is 3.96. The Balaban J connectivity index is 2.34. The van der Waals surface area contributed by atoms with Crippen LogP contribution in [0.4, 0.5) is 15.8 Å². The number of rotatable bonds is 4. The molecule has 0 heterocycles. The van der Waals surface area contributed by atoms with E-state index in [9.17, 15) is 9.18 Å².